The van der Waals surface area contributed by atoms with E-state index in [1.165, 1.54) is 17.7 Å². The van der Waals surface area contributed by atoms with Crippen LogP contribution in [-0.2, 0) is 19.3 Å². The van der Waals surface area contributed by atoms with E-state index in [0.29, 0.717) is 11.1 Å². The van der Waals surface area contributed by atoms with Crippen LogP contribution in [0.5, 0.6) is 0 Å². The van der Waals surface area contributed by atoms with Gasteiger partial charge in [0.05, 0.1) is 0 Å². The van der Waals surface area contributed by atoms with Crippen molar-refractivity contribution in [2.75, 3.05) is 0 Å². The number of rotatable bonds is 3. The predicted octanol–water partition coefficient (Wildman–Crippen LogP) is 3.21. The lowest BCUT2D eigenvalue weighted by Gasteiger charge is -2.06. The van der Waals surface area contributed by atoms with Crippen LogP contribution in [0, 0.1) is 5.92 Å². The van der Waals surface area contributed by atoms with Crippen molar-refractivity contribution in [1.29, 1.82) is 0 Å². The van der Waals surface area contributed by atoms with E-state index in [1.807, 2.05) is 0 Å². The number of nitrogens with zero attached hydrogens (tertiary/aromatic N) is 2. The molecule has 0 radical (unpaired) electrons. The monoisotopic (exact) mass is 224 g/mol. The molecule has 0 saturated carbocycles. The quantitative estimate of drug-likeness (QED) is 0.737. The fourth-order valence-electron chi connectivity index (χ4n) is 1.96. The summed E-state index contributed by atoms with van der Waals surface area (Å²) >= 11 is 6.14. The fraction of sp³-hybridized carbons (Fsp3) is 0.667. The molecule has 0 aliphatic heterocycles. The van der Waals surface area contributed by atoms with Crippen LogP contribution in [0.25, 0.3) is 0 Å². The van der Waals surface area contributed by atoms with Crippen LogP contribution in [0.1, 0.15) is 43.8 Å². The fourth-order valence-corrected chi connectivity index (χ4v) is 2.27. The molecule has 1 aromatic heterocycles. The minimum atomic E-state index is 0.691. The van der Waals surface area contributed by atoms with Gasteiger partial charge in [-0.25, -0.2) is 9.97 Å². The summed E-state index contributed by atoms with van der Waals surface area (Å²) in [6.45, 7) is 4.43. The number of hydrogen-bond donors (Lipinski definition) is 0. The van der Waals surface area contributed by atoms with Gasteiger partial charge in [0.1, 0.15) is 11.0 Å². The highest BCUT2D eigenvalue weighted by molar-refractivity contribution is 6.30. The number of hydrogen-bond acceptors (Lipinski definition) is 2. The SMILES string of the molecule is CC(C)CCc1nc(Cl)c2c(n1)CCC2. The van der Waals surface area contributed by atoms with Gasteiger partial charge < -0.3 is 0 Å². The maximum Gasteiger partial charge on any atom is 0.136 e. The van der Waals surface area contributed by atoms with Crippen LogP contribution in [0.3, 0.4) is 0 Å². The van der Waals surface area contributed by atoms with Crippen molar-refractivity contribution >= 4 is 11.6 Å². The van der Waals surface area contributed by atoms with Gasteiger partial charge in [-0.1, -0.05) is 25.4 Å². The first-order valence-corrected chi connectivity index (χ1v) is 6.08. The second kappa shape index (κ2) is 4.48. The molecule has 82 valence electrons. The summed E-state index contributed by atoms with van der Waals surface area (Å²) in [4.78, 5) is 8.96. The summed E-state index contributed by atoms with van der Waals surface area (Å²) in [7, 11) is 0. The van der Waals surface area contributed by atoms with Crippen LogP contribution < -0.4 is 0 Å². The summed E-state index contributed by atoms with van der Waals surface area (Å²) in [5.74, 6) is 1.62. The van der Waals surface area contributed by atoms with Crippen molar-refractivity contribution in [3.8, 4) is 0 Å². The highest BCUT2D eigenvalue weighted by Crippen LogP contribution is 2.26. The van der Waals surface area contributed by atoms with E-state index in [-0.39, 0.29) is 0 Å². The molecule has 15 heavy (non-hydrogen) atoms. The van der Waals surface area contributed by atoms with E-state index in [1.54, 1.807) is 0 Å². The van der Waals surface area contributed by atoms with E-state index < -0.39 is 0 Å². The summed E-state index contributed by atoms with van der Waals surface area (Å²) in [5.41, 5.74) is 2.37. The molecule has 3 heteroatoms. The normalized spacial score (nSPS) is 14.7. The van der Waals surface area contributed by atoms with Crippen molar-refractivity contribution in [2.45, 2.75) is 46.0 Å². The molecule has 0 fully saturated rings. The van der Waals surface area contributed by atoms with Crippen molar-refractivity contribution < 1.29 is 0 Å². The lowest BCUT2D eigenvalue weighted by Crippen LogP contribution is -2.03. The molecule has 0 spiro atoms. The Morgan fingerprint density at radius 1 is 1.27 bits per heavy atom. The molecule has 0 atom stereocenters. The van der Waals surface area contributed by atoms with Gasteiger partial charge in [0, 0.05) is 17.7 Å². The van der Waals surface area contributed by atoms with Gasteiger partial charge in [0.15, 0.2) is 0 Å². The molecule has 2 rings (SSSR count). The molecule has 0 amide bonds. The zero-order chi connectivity index (χ0) is 10.8. The van der Waals surface area contributed by atoms with Crippen molar-refractivity contribution in [3.05, 3.63) is 22.2 Å². The van der Waals surface area contributed by atoms with Gasteiger partial charge in [0.25, 0.3) is 0 Å². The Bertz CT molecular complexity index is 361. The summed E-state index contributed by atoms with van der Waals surface area (Å²) < 4.78 is 0. The maximum absolute atomic E-state index is 6.14. The molecule has 1 aliphatic carbocycles. The lowest BCUT2D eigenvalue weighted by atomic mass is 10.1. The average molecular weight is 225 g/mol. The Morgan fingerprint density at radius 2 is 2.07 bits per heavy atom. The van der Waals surface area contributed by atoms with E-state index in [4.69, 9.17) is 11.6 Å². The first kappa shape index (κ1) is 10.9. The molecule has 0 aromatic carbocycles. The summed E-state index contributed by atoms with van der Waals surface area (Å²) in [6, 6.07) is 0. The van der Waals surface area contributed by atoms with Crippen molar-refractivity contribution in [3.63, 3.8) is 0 Å². The Morgan fingerprint density at radius 3 is 2.80 bits per heavy atom. The van der Waals surface area contributed by atoms with Crippen molar-refractivity contribution in [1.82, 2.24) is 9.97 Å². The van der Waals surface area contributed by atoms with Crippen LogP contribution >= 0.6 is 11.6 Å². The third-order valence-corrected chi connectivity index (χ3v) is 3.19. The smallest absolute Gasteiger partial charge is 0.136 e. The minimum absolute atomic E-state index is 0.691. The standard InChI is InChI=1S/C12H17ClN2/c1-8(2)6-7-11-14-10-5-3-4-9(10)12(13)15-11/h8H,3-7H2,1-2H3. The molecule has 1 heterocycles. The molecule has 0 unspecified atom stereocenters. The molecular weight excluding hydrogens is 208 g/mol. The number of halogens is 1. The van der Waals surface area contributed by atoms with E-state index in [2.05, 4.69) is 23.8 Å². The minimum Gasteiger partial charge on any atom is -0.238 e. The number of aryl methyl sites for hydroxylation is 2. The zero-order valence-electron chi connectivity index (χ0n) is 9.39. The van der Waals surface area contributed by atoms with Gasteiger partial charge in [-0.05, 0) is 31.6 Å². The zero-order valence-corrected chi connectivity index (χ0v) is 10.1. The molecule has 0 bridgehead atoms. The van der Waals surface area contributed by atoms with Crippen LogP contribution in [0.2, 0.25) is 5.15 Å². The highest BCUT2D eigenvalue weighted by Gasteiger charge is 2.17. The Balaban J connectivity index is 2.16. The number of fused-ring (bicyclic) bond motifs is 1. The Labute approximate surface area is 96.1 Å². The van der Waals surface area contributed by atoms with E-state index in [0.717, 1.165) is 31.5 Å². The maximum atomic E-state index is 6.14. The van der Waals surface area contributed by atoms with E-state index >= 15 is 0 Å². The van der Waals surface area contributed by atoms with E-state index in [9.17, 15) is 0 Å². The predicted molar refractivity (Wildman–Crippen MR) is 62.2 cm³/mol. The molecule has 2 nitrogen and oxygen atoms in total. The van der Waals surface area contributed by atoms with Crippen LogP contribution in [-0.4, -0.2) is 9.97 Å². The largest absolute Gasteiger partial charge is 0.238 e. The van der Waals surface area contributed by atoms with Crippen molar-refractivity contribution in [2.24, 2.45) is 5.92 Å². The van der Waals surface area contributed by atoms with Crippen LogP contribution in [0.15, 0.2) is 0 Å². The highest BCUT2D eigenvalue weighted by atomic mass is 35.5. The average Bonchev–Trinajstić information content (AvgIpc) is 2.63. The molecule has 1 aliphatic rings. The second-order valence-corrected chi connectivity index (χ2v) is 5.00. The molecule has 0 N–H and O–H groups in total. The van der Waals surface area contributed by atoms with Gasteiger partial charge in [-0.15, -0.1) is 0 Å². The van der Waals surface area contributed by atoms with Crippen LogP contribution in [0.4, 0.5) is 0 Å². The van der Waals surface area contributed by atoms with Gasteiger partial charge >= 0.3 is 0 Å². The van der Waals surface area contributed by atoms with Gasteiger partial charge in [-0.2, -0.15) is 0 Å². The Hall–Kier alpha value is -0.630. The van der Waals surface area contributed by atoms with Gasteiger partial charge in [0.2, 0.25) is 0 Å². The molecule has 1 aromatic rings. The second-order valence-electron chi connectivity index (χ2n) is 4.64. The Kier molecular flexibility index (Phi) is 3.25. The first-order valence-electron chi connectivity index (χ1n) is 5.71. The lowest BCUT2D eigenvalue weighted by molar-refractivity contribution is 0.573. The summed E-state index contributed by atoms with van der Waals surface area (Å²) in [5, 5.41) is 0.691. The molecule has 0 saturated heterocycles. The summed E-state index contributed by atoms with van der Waals surface area (Å²) in [6.07, 6.45) is 5.39. The topological polar surface area (TPSA) is 25.8 Å². The number of aromatic nitrogens is 2. The van der Waals surface area contributed by atoms with Gasteiger partial charge in [-0.3, -0.25) is 0 Å². The molecular formula is C12H17ClN2. The first-order chi connectivity index (χ1) is 7.16. The third-order valence-electron chi connectivity index (χ3n) is 2.87. The third kappa shape index (κ3) is 2.49.